The zero-order chi connectivity index (χ0) is 22.2. The molecule has 0 bridgehead atoms. The second-order valence-corrected chi connectivity index (χ2v) is 12.7. The Morgan fingerprint density at radius 1 is 1.35 bits per heavy atom. The van der Waals surface area contributed by atoms with Gasteiger partial charge < -0.3 is 5.32 Å². The molecule has 31 heavy (non-hydrogen) atoms. The first kappa shape index (κ1) is 22.8. The molecule has 0 aromatic carbocycles. The lowest BCUT2D eigenvalue weighted by molar-refractivity contribution is -0.134. The Balaban J connectivity index is 1.58. The van der Waals surface area contributed by atoms with E-state index in [1.165, 1.54) is 29.3 Å². The summed E-state index contributed by atoms with van der Waals surface area (Å²) in [6.45, 7) is 0. The van der Waals surface area contributed by atoms with Crippen molar-refractivity contribution in [2.45, 2.75) is 55.9 Å². The number of thiazole rings is 1. The number of sulfone groups is 1. The summed E-state index contributed by atoms with van der Waals surface area (Å²) < 4.78 is 24.5. The molecule has 168 valence electrons. The third-order valence-corrected chi connectivity index (χ3v) is 9.35. The molecule has 1 saturated carbocycles. The fourth-order valence-corrected chi connectivity index (χ4v) is 7.68. The van der Waals surface area contributed by atoms with Gasteiger partial charge >= 0.3 is 0 Å². The highest BCUT2D eigenvalue weighted by molar-refractivity contribution is 8.05. The number of carbonyl (C=O) groups is 2. The average molecular weight is 503 g/mol. The van der Waals surface area contributed by atoms with Gasteiger partial charge in [0.25, 0.3) is 0 Å². The van der Waals surface area contributed by atoms with E-state index in [2.05, 4.69) is 15.3 Å². The van der Waals surface area contributed by atoms with Gasteiger partial charge in [0.2, 0.25) is 11.8 Å². The molecule has 8 nitrogen and oxygen atoms in total. The highest BCUT2D eigenvalue weighted by atomic mass is 35.5. The second kappa shape index (κ2) is 9.21. The van der Waals surface area contributed by atoms with Crippen molar-refractivity contribution in [2.75, 3.05) is 11.6 Å². The second-order valence-electron chi connectivity index (χ2n) is 8.02. The fraction of sp³-hybridized carbons (Fsp3) is 0.579. The Hall–Kier alpha value is -1.43. The number of halogens is 1. The molecule has 12 heteroatoms. The Morgan fingerprint density at radius 2 is 2.10 bits per heavy atom. The van der Waals surface area contributed by atoms with Gasteiger partial charge in [-0.3, -0.25) is 19.5 Å². The number of hydrogen-bond donors (Lipinski definition) is 1. The molecule has 2 amide bonds. The summed E-state index contributed by atoms with van der Waals surface area (Å²) in [5.41, 5.74) is 0. The Bertz CT molecular complexity index is 1030. The van der Waals surface area contributed by atoms with Crippen molar-refractivity contribution in [2.24, 2.45) is 10.9 Å². The van der Waals surface area contributed by atoms with Crippen molar-refractivity contribution in [1.29, 1.82) is 0 Å². The number of anilines is 1. The van der Waals surface area contributed by atoms with Crippen LogP contribution in [0, 0.1) is 5.92 Å². The van der Waals surface area contributed by atoms with Crippen molar-refractivity contribution in [3.8, 4) is 0 Å². The first-order valence-electron chi connectivity index (χ1n) is 10.1. The van der Waals surface area contributed by atoms with Crippen LogP contribution in [0.3, 0.4) is 0 Å². The third-order valence-electron chi connectivity index (χ3n) is 5.81. The third kappa shape index (κ3) is 4.99. The van der Waals surface area contributed by atoms with Crippen molar-refractivity contribution < 1.29 is 18.0 Å². The number of nitrogens with zero attached hydrogens (tertiary/aromatic N) is 3. The lowest BCUT2D eigenvalue weighted by atomic mass is 9.84. The molecule has 1 aromatic rings. The SMILES string of the molecule is CS(=O)(=O)C1=CSC2C(=O)N(C(CC3CCCCC3)C(=O)Nc3ncc(Cl)s3)C=NC12. The van der Waals surface area contributed by atoms with Crippen LogP contribution in [0.4, 0.5) is 5.13 Å². The van der Waals surface area contributed by atoms with Gasteiger partial charge in [0.15, 0.2) is 15.0 Å². The molecular formula is C19H23ClN4O4S3. The molecule has 1 aliphatic carbocycles. The molecule has 4 rings (SSSR count). The number of aliphatic imine (C=N–C) groups is 1. The van der Waals surface area contributed by atoms with Gasteiger partial charge in [-0.05, 0) is 17.7 Å². The minimum atomic E-state index is -3.45. The summed E-state index contributed by atoms with van der Waals surface area (Å²) >= 11 is 8.23. The van der Waals surface area contributed by atoms with Crippen LogP contribution < -0.4 is 5.32 Å². The molecule has 3 heterocycles. The van der Waals surface area contributed by atoms with Crippen LogP contribution in [-0.2, 0) is 19.4 Å². The van der Waals surface area contributed by atoms with Crippen LogP contribution in [0.15, 0.2) is 21.5 Å². The first-order valence-corrected chi connectivity index (χ1v) is 14.1. The van der Waals surface area contributed by atoms with E-state index in [0.717, 1.165) is 55.0 Å². The summed E-state index contributed by atoms with van der Waals surface area (Å²) in [5.74, 6) is -0.300. The minimum Gasteiger partial charge on any atom is -0.300 e. The van der Waals surface area contributed by atoms with Gasteiger partial charge in [0.05, 0.1) is 17.4 Å². The molecular weight excluding hydrogens is 480 g/mol. The summed E-state index contributed by atoms with van der Waals surface area (Å²) in [5, 5.41) is 3.97. The molecule has 1 fully saturated rings. The number of carbonyl (C=O) groups excluding carboxylic acids is 2. The largest absolute Gasteiger partial charge is 0.300 e. The number of amides is 2. The van der Waals surface area contributed by atoms with E-state index < -0.39 is 27.2 Å². The molecule has 3 aliphatic rings. The lowest BCUT2D eigenvalue weighted by Gasteiger charge is -2.36. The van der Waals surface area contributed by atoms with E-state index in [1.54, 1.807) is 0 Å². The van der Waals surface area contributed by atoms with Gasteiger partial charge in [-0.1, -0.05) is 55.0 Å². The Labute approximate surface area is 194 Å². The van der Waals surface area contributed by atoms with Gasteiger partial charge in [0, 0.05) is 6.26 Å². The number of rotatable bonds is 6. The van der Waals surface area contributed by atoms with E-state index in [-0.39, 0.29) is 16.7 Å². The summed E-state index contributed by atoms with van der Waals surface area (Å²) in [6.07, 6.45) is 9.91. The molecule has 3 atom stereocenters. The molecule has 2 aliphatic heterocycles. The van der Waals surface area contributed by atoms with Crippen molar-refractivity contribution in [1.82, 2.24) is 9.88 Å². The molecule has 3 unspecified atom stereocenters. The number of fused-ring (bicyclic) bond motifs is 1. The van der Waals surface area contributed by atoms with E-state index in [9.17, 15) is 18.0 Å². The Morgan fingerprint density at radius 3 is 2.74 bits per heavy atom. The summed E-state index contributed by atoms with van der Waals surface area (Å²) in [7, 11) is -3.45. The first-order chi connectivity index (χ1) is 14.7. The van der Waals surface area contributed by atoms with E-state index >= 15 is 0 Å². The monoisotopic (exact) mass is 502 g/mol. The zero-order valence-electron chi connectivity index (χ0n) is 16.9. The molecule has 0 saturated heterocycles. The van der Waals surface area contributed by atoms with Crippen LogP contribution >= 0.6 is 34.7 Å². The maximum absolute atomic E-state index is 13.3. The van der Waals surface area contributed by atoms with Gasteiger partial charge in [0.1, 0.15) is 21.7 Å². The maximum Gasteiger partial charge on any atom is 0.249 e. The van der Waals surface area contributed by atoms with Gasteiger partial charge in [-0.15, -0.1) is 11.8 Å². The number of aromatic nitrogens is 1. The Kier molecular flexibility index (Phi) is 6.76. The molecule has 0 spiro atoms. The molecule has 0 radical (unpaired) electrons. The average Bonchev–Trinajstić information content (AvgIpc) is 3.34. The van der Waals surface area contributed by atoms with E-state index in [0.29, 0.717) is 21.8 Å². The van der Waals surface area contributed by atoms with Crippen molar-refractivity contribution >= 4 is 67.8 Å². The normalized spacial score (nSPS) is 25.3. The van der Waals surface area contributed by atoms with Gasteiger partial charge in [-0.25, -0.2) is 13.4 Å². The highest BCUT2D eigenvalue weighted by Gasteiger charge is 2.46. The smallest absolute Gasteiger partial charge is 0.249 e. The van der Waals surface area contributed by atoms with Crippen LogP contribution in [-0.4, -0.2) is 60.0 Å². The number of nitrogens with one attached hydrogen (secondary N) is 1. The van der Waals surface area contributed by atoms with Crippen molar-refractivity contribution in [3.05, 3.63) is 20.8 Å². The predicted octanol–water partition coefficient (Wildman–Crippen LogP) is 3.31. The van der Waals surface area contributed by atoms with E-state index in [4.69, 9.17) is 11.6 Å². The summed E-state index contributed by atoms with van der Waals surface area (Å²) in [4.78, 5) is 36.5. The quantitative estimate of drug-likeness (QED) is 0.639. The maximum atomic E-state index is 13.3. The molecule has 1 N–H and O–H groups in total. The van der Waals surface area contributed by atoms with E-state index in [1.807, 2.05) is 0 Å². The topological polar surface area (TPSA) is 109 Å². The summed E-state index contributed by atoms with van der Waals surface area (Å²) in [6, 6.07) is -1.48. The zero-order valence-corrected chi connectivity index (χ0v) is 20.1. The van der Waals surface area contributed by atoms with Crippen LogP contribution in [0.5, 0.6) is 0 Å². The highest BCUT2D eigenvalue weighted by Crippen LogP contribution is 2.39. The van der Waals surface area contributed by atoms with Crippen molar-refractivity contribution in [3.63, 3.8) is 0 Å². The minimum absolute atomic E-state index is 0.150. The molecule has 1 aromatic heterocycles. The standard InChI is InChI=1S/C19H23ClN4O4S3/c1-31(27,28)13-9-29-16-15(13)22-10-24(18(16)26)12(7-11-5-3-2-4-6-11)17(25)23-19-21-8-14(20)30-19/h8-12,15-16H,2-7H2,1H3,(H,21,23,25). The predicted molar refractivity (Wildman–Crippen MR) is 124 cm³/mol. The van der Waals surface area contributed by atoms with Crippen LogP contribution in [0.2, 0.25) is 4.34 Å². The number of hydrogen-bond acceptors (Lipinski definition) is 8. The van der Waals surface area contributed by atoms with Crippen LogP contribution in [0.25, 0.3) is 0 Å². The lowest BCUT2D eigenvalue weighted by Crippen LogP contribution is -2.54. The number of thioether (sulfide) groups is 1. The fourth-order valence-electron chi connectivity index (χ4n) is 4.25. The van der Waals surface area contributed by atoms with Crippen LogP contribution in [0.1, 0.15) is 38.5 Å². The van der Waals surface area contributed by atoms with Gasteiger partial charge in [-0.2, -0.15) is 0 Å².